The fourth-order valence-electron chi connectivity index (χ4n) is 4.90. The van der Waals surface area contributed by atoms with E-state index in [2.05, 4.69) is 5.32 Å². The average molecular weight is 598 g/mol. The average Bonchev–Trinajstić information content (AvgIpc) is 2.98. The van der Waals surface area contributed by atoms with Gasteiger partial charge in [0.05, 0.1) is 10.6 Å². The highest BCUT2D eigenvalue weighted by atomic mass is 32.2. The van der Waals surface area contributed by atoms with Gasteiger partial charge in [0, 0.05) is 19.0 Å². The van der Waals surface area contributed by atoms with Gasteiger partial charge in [0.25, 0.3) is 10.0 Å². The molecule has 0 aromatic heterocycles. The van der Waals surface area contributed by atoms with Crippen molar-refractivity contribution in [1.29, 1.82) is 0 Å². The molecule has 4 aromatic rings. The van der Waals surface area contributed by atoms with Crippen LogP contribution in [0.4, 0.5) is 5.69 Å². The van der Waals surface area contributed by atoms with E-state index in [4.69, 9.17) is 0 Å². The van der Waals surface area contributed by atoms with Crippen molar-refractivity contribution >= 4 is 27.5 Å². The van der Waals surface area contributed by atoms with Crippen molar-refractivity contribution in [2.45, 2.75) is 57.6 Å². The van der Waals surface area contributed by atoms with Crippen molar-refractivity contribution in [3.05, 3.63) is 131 Å². The van der Waals surface area contributed by atoms with Crippen LogP contribution in [0, 0.1) is 13.8 Å². The largest absolute Gasteiger partial charge is 0.352 e. The number of hydrogen-bond donors (Lipinski definition) is 1. The molecule has 224 valence electrons. The minimum atomic E-state index is -4.12. The van der Waals surface area contributed by atoms with E-state index in [1.54, 1.807) is 54.6 Å². The zero-order valence-corrected chi connectivity index (χ0v) is 25.9. The van der Waals surface area contributed by atoms with E-state index in [-0.39, 0.29) is 29.8 Å². The Morgan fingerprint density at radius 1 is 0.744 bits per heavy atom. The lowest BCUT2D eigenvalue weighted by Crippen LogP contribution is -2.54. The fourth-order valence-corrected chi connectivity index (χ4v) is 6.32. The molecule has 8 heteroatoms. The maximum atomic E-state index is 14.4. The van der Waals surface area contributed by atoms with Crippen molar-refractivity contribution in [3.8, 4) is 0 Å². The summed E-state index contributed by atoms with van der Waals surface area (Å²) in [6, 6.07) is 31.4. The number of anilines is 1. The van der Waals surface area contributed by atoms with E-state index in [1.165, 1.54) is 4.90 Å². The van der Waals surface area contributed by atoms with Gasteiger partial charge in [-0.2, -0.15) is 0 Å². The Morgan fingerprint density at radius 2 is 1.35 bits per heavy atom. The molecule has 0 aliphatic rings. The monoisotopic (exact) mass is 597 g/mol. The Hall–Kier alpha value is -4.43. The second-order valence-electron chi connectivity index (χ2n) is 11.0. The summed E-state index contributed by atoms with van der Waals surface area (Å²) in [4.78, 5) is 29.7. The van der Waals surface area contributed by atoms with Gasteiger partial charge < -0.3 is 10.2 Å². The van der Waals surface area contributed by atoms with E-state index in [9.17, 15) is 18.0 Å². The normalized spacial score (nSPS) is 12.0. The molecule has 2 amide bonds. The first-order chi connectivity index (χ1) is 20.5. The molecule has 0 saturated heterocycles. The molecule has 43 heavy (non-hydrogen) atoms. The van der Waals surface area contributed by atoms with Crippen LogP contribution in [0.2, 0.25) is 0 Å². The van der Waals surface area contributed by atoms with E-state index in [0.717, 1.165) is 26.6 Å². The van der Waals surface area contributed by atoms with Crippen LogP contribution in [0.3, 0.4) is 0 Å². The molecule has 0 heterocycles. The molecule has 4 rings (SSSR count). The Labute approximate surface area is 255 Å². The van der Waals surface area contributed by atoms with Gasteiger partial charge in [-0.15, -0.1) is 0 Å². The van der Waals surface area contributed by atoms with Gasteiger partial charge in [0.1, 0.15) is 12.6 Å². The Bertz CT molecular complexity index is 1620. The lowest BCUT2D eigenvalue weighted by atomic mass is 10.0. The van der Waals surface area contributed by atoms with Crippen molar-refractivity contribution in [2.75, 3.05) is 10.8 Å². The summed E-state index contributed by atoms with van der Waals surface area (Å²) in [5.41, 5.74) is 4.03. The molecule has 0 aliphatic carbocycles. The SMILES string of the molecule is Cc1ccc(S(=O)(=O)N(CC(=O)N(Cc2cccc(C)c2)C(Cc2ccccc2)C(=O)NC(C)C)c2ccccc2)cc1. The number of hydrogen-bond acceptors (Lipinski definition) is 4. The lowest BCUT2D eigenvalue weighted by molar-refractivity contribution is -0.140. The summed E-state index contributed by atoms with van der Waals surface area (Å²) in [6.07, 6.45) is 0.271. The molecular formula is C35H39N3O4S. The van der Waals surface area contributed by atoms with Crippen LogP contribution in [0.15, 0.2) is 114 Å². The maximum absolute atomic E-state index is 14.4. The molecule has 0 aliphatic heterocycles. The molecule has 0 radical (unpaired) electrons. The standard InChI is InChI=1S/C35H39N3O4S/c1-26(2)36-35(40)33(23-29-13-7-5-8-14-29)37(24-30-15-11-12-28(4)22-30)34(39)25-38(31-16-9-6-10-17-31)43(41,42)32-20-18-27(3)19-21-32/h5-22,26,33H,23-25H2,1-4H3,(H,36,40). The topological polar surface area (TPSA) is 86.8 Å². The number of para-hydroxylation sites is 1. The zero-order valence-electron chi connectivity index (χ0n) is 25.1. The van der Waals surface area contributed by atoms with E-state index in [1.807, 2.05) is 82.3 Å². The fraction of sp³-hybridized carbons (Fsp3) is 0.257. The van der Waals surface area contributed by atoms with Gasteiger partial charge in [0.2, 0.25) is 11.8 Å². The highest BCUT2D eigenvalue weighted by Crippen LogP contribution is 2.25. The van der Waals surface area contributed by atoms with Gasteiger partial charge in [0.15, 0.2) is 0 Å². The lowest BCUT2D eigenvalue weighted by Gasteiger charge is -2.34. The second-order valence-corrected chi connectivity index (χ2v) is 12.9. The minimum absolute atomic E-state index is 0.0818. The van der Waals surface area contributed by atoms with E-state index < -0.39 is 28.5 Å². The van der Waals surface area contributed by atoms with E-state index >= 15 is 0 Å². The molecule has 0 bridgehead atoms. The third kappa shape index (κ3) is 8.32. The zero-order chi connectivity index (χ0) is 31.0. The minimum Gasteiger partial charge on any atom is -0.352 e. The molecule has 0 fully saturated rings. The number of carbonyl (C=O) groups is 2. The number of carbonyl (C=O) groups excluding carboxylic acids is 2. The number of nitrogens with zero attached hydrogens (tertiary/aromatic N) is 2. The van der Waals surface area contributed by atoms with Crippen LogP contribution in [-0.4, -0.2) is 43.8 Å². The third-order valence-corrected chi connectivity index (χ3v) is 8.86. The molecule has 0 saturated carbocycles. The van der Waals surface area contributed by atoms with Gasteiger partial charge in [-0.25, -0.2) is 8.42 Å². The van der Waals surface area contributed by atoms with Crippen LogP contribution >= 0.6 is 0 Å². The van der Waals surface area contributed by atoms with E-state index in [0.29, 0.717) is 5.69 Å². The molecule has 0 spiro atoms. The second kappa shape index (κ2) is 14.2. The summed E-state index contributed by atoms with van der Waals surface area (Å²) in [5.74, 6) is -0.784. The highest BCUT2D eigenvalue weighted by Gasteiger charge is 2.34. The first-order valence-corrected chi connectivity index (χ1v) is 15.8. The number of rotatable bonds is 12. The summed E-state index contributed by atoms with van der Waals surface area (Å²) >= 11 is 0. The number of sulfonamides is 1. The van der Waals surface area contributed by atoms with Crippen LogP contribution < -0.4 is 9.62 Å². The smallest absolute Gasteiger partial charge is 0.264 e. The molecule has 4 aromatic carbocycles. The Morgan fingerprint density at radius 3 is 1.95 bits per heavy atom. The van der Waals surface area contributed by atoms with Crippen LogP contribution in [-0.2, 0) is 32.6 Å². The van der Waals surface area contributed by atoms with Gasteiger partial charge in [-0.1, -0.05) is 96.1 Å². The first kappa shape index (κ1) is 31.5. The predicted molar refractivity (Wildman–Crippen MR) is 171 cm³/mol. The third-order valence-electron chi connectivity index (χ3n) is 7.07. The van der Waals surface area contributed by atoms with Gasteiger partial charge in [-0.05, 0) is 63.1 Å². The van der Waals surface area contributed by atoms with Crippen molar-refractivity contribution in [1.82, 2.24) is 10.2 Å². The summed E-state index contributed by atoms with van der Waals surface area (Å²) in [5, 5.41) is 2.98. The molecular weight excluding hydrogens is 558 g/mol. The maximum Gasteiger partial charge on any atom is 0.264 e. The van der Waals surface area contributed by atoms with Crippen molar-refractivity contribution in [3.63, 3.8) is 0 Å². The van der Waals surface area contributed by atoms with Crippen molar-refractivity contribution in [2.24, 2.45) is 0 Å². The quantitative estimate of drug-likeness (QED) is 0.228. The summed E-state index contributed by atoms with van der Waals surface area (Å²) in [7, 11) is -4.12. The van der Waals surface area contributed by atoms with Crippen molar-refractivity contribution < 1.29 is 18.0 Å². The van der Waals surface area contributed by atoms with Crippen LogP contribution in [0.1, 0.15) is 36.1 Å². The van der Waals surface area contributed by atoms with Gasteiger partial charge in [-0.3, -0.25) is 13.9 Å². The van der Waals surface area contributed by atoms with Crippen LogP contribution in [0.5, 0.6) is 0 Å². The first-order valence-electron chi connectivity index (χ1n) is 14.4. The van der Waals surface area contributed by atoms with Crippen LogP contribution in [0.25, 0.3) is 0 Å². The Kier molecular flexibility index (Phi) is 10.4. The highest BCUT2D eigenvalue weighted by molar-refractivity contribution is 7.92. The molecule has 1 N–H and O–H groups in total. The number of aryl methyl sites for hydroxylation is 2. The number of amides is 2. The number of nitrogens with one attached hydrogen (secondary N) is 1. The van der Waals surface area contributed by atoms with Gasteiger partial charge >= 0.3 is 0 Å². The predicted octanol–water partition coefficient (Wildman–Crippen LogP) is 5.66. The Balaban J connectivity index is 1.79. The number of benzene rings is 4. The molecule has 1 unspecified atom stereocenters. The molecule has 7 nitrogen and oxygen atoms in total. The summed E-state index contributed by atoms with van der Waals surface area (Å²) in [6.45, 7) is 7.25. The summed E-state index contributed by atoms with van der Waals surface area (Å²) < 4.78 is 29.2. The molecule has 1 atom stereocenters.